The van der Waals surface area contributed by atoms with Crippen LogP contribution >= 0.6 is 0 Å². The normalized spacial score (nSPS) is 27.9. The molecule has 90 valence electrons. The van der Waals surface area contributed by atoms with Crippen molar-refractivity contribution >= 4 is 9.84 Å². The summed E-state index contributed by atoms with van der Waals surface area (Å²) < 4.78 is 58.0. The summed E-state index contributed by atoms with van der Waals surface area (Å²) in [7, 11) is -3.03. The zero-order chi connectivity index (χ0) is 11.7. The molecule has 0 saturated carbocycles. The average Bonchev–Trinajstić information content (AvgIpc) is 2.25. The van der Waals surface area contributed by atoms with Crippen LogP contribution in [0.1, 0.15) is 19.8 Å². The lowest BCUT2D eigenvalue weighted by Gasteiger charge is -2.19. The smallest absolute Gasteiger partial charge is 0.310 e. The minimum Gasteiger partial charge on any atom is -0.310 e. The van der Waals surface area contributed by atoms with Gasteiger partial charge in [0.25, 0.3) is 0 Å². The van der Waals surface area contributed by atoms with E-state index in [1.165, 1.54) is 6.92 Å². The standard InChI is InChI=1S/C8H14F3NO2S/c1-6(4-8(9,10)11)12-7-2-3-15(13,14)5-7/h6-7,12H,2-5H2,1H3. The molecule has 1 rings (SSSR count). The third-order valence-corrected chi connectivity index (χ3v) is 4.06. The Labute approximate surface area is 87.0 Å². The van der Waals surface area contributed by atoms with Crippen LogP contribution in [0, 0.1) is 0 Å². The summed E-state index contributed by atoms with van der Waals surface area (Å²) in [6, 6.07) is -1.06. The van der Waals surface area contributed by atoms with Gasteiger partial charge in [0.15, 0.2) is 9.84 Å². The Morgan fingerprint density at radius 1 is 1.47 bits per heavy atom. The molecule has 2 unspecified atom stereocenters. The third-order valence-electron chi connectivity index (χ3n) is 2.29. The number of rotatable bonds is 3. The zero-order valence-corrected chi connectivity index (χ0v) is 9.16. The summed E-state index contributed by atoms with van der Waals surface area (Å²) in [4.78, 5) is 0. The Balaban J connectivity index is 2.37. The molecule has 1 aliphatic rings. The molecule has 1 heterocycles. The molecule has 0 aromatic carbocycles. The van der Waals surface area contributed by atoms with E-state index in [-0.39, 0.29) is 17.5 Å². The number of nitrogens with one attached hydrogen (secondary N) is 1. The molecule has 0 bridgehead atoms. The monoisotopic (exact) mass is 245 g/mol. The molecule has 0 aromatic heterocycles. The molecule has 0 aliphatic carbocycles. The summed E-state index contributed by atoms with van der Waals surface area (Å²) in [5.41, 5.74) is 0. The highest BCUT2D eigenvalue weighted by molar-refractivity contribution is 7.91. The second-order valence-corrected chi connectivity index (χ2v) is 6.22. The highest BCUT2D eigenvalue weighted by Crippen LogP contribution is 2.22. The van der Waals surface area contributed by atoms with Gasteiger partial charge in [-0.25, -0.2) is 8.42 Å². The number of alkyl halides is 3. The van der Waals surface area contributed by atoms with E-state index in [2.05, 4.69) is 5.32 Å². The van der Waals surface area contributed by atoms with Gasteiger partial charge in [-0.05, 0) is 13.3 Å². The lowest BCUT2D eigenvalue weighted by atomic mass is 10.2. The maximum Gasteiger partial charge on any atom is 0.390 e. The molecule has 1 N–H and O–H groups in total. The molecule has 0 amide bonds. The van der Waals surface area contributed by atoms with Crippen LogP contribution in [0.5, 0.6) is 0 Å². The highest BCUT2D eigenvalue weighted by Gasteiger charge is 2.33. The van der Waals surface area contributed by atoms with E-state index in [0.717, 1.165) is 0 Å². The summed E-state index contributed by atoms with van der Waals surface area (Å²) in [5.74, 6) is 0.0264. The fraction of sp³-hybridized carbons (Fsp3) is 1.00. The van der Waals surface area contributed by atoms with E-state index in [4.69, 9.17) is 0 Å². The first kappa shape index (κ1) is 12.8. The Kier molecular flexibility index (Phi) is 3.65. The first-order valence-electron chi connectivity index (χ1n) is 4.71. The summed E-state index contributed by atoms with van der Waals surface area (Å²) in [5, 5.41) is 2.69. The Bertz CT molecular complexity index is 312. The van der Waals surface area contributed by atoms with Crippen molar-refractivity contribution < 1.29 is 21.6 Å². The number of hydrogen-bond donors (Lipinski definition) is 1. The number of halogens is 3. The van der Waals surface area contributed by atoms with Crippen molar-refractivity contribution in [2.75, 3.05) is 11.5 Å². The second-order valence-electron chi connectivity index (χ2n) is 3.99. The van der Waals surface area contributed by atoms with E-state index >= 15 is 0 Å². The average molecular weight is 245 g/mol. The van der Waals surface area contributed by atoms with Gasteiger partial charge in [0.1, 0.15) is 0 Å². The van der Waals surface area contributed by atoms with Crippen LogP contribution < -0.4 is 5.32 Å². The molecule has 1 fully saturated rings. The molecule has 0 aromatic rings. The first-order valence-corrected chi connectivity index (χ1v) is 6.53. The molecule has 0 radical (unpaired) electrons. The van der Waals surface area contributed by atoms with Crippen LogP contribution in [-0.4, -0.2) is 38.2 Å². The van der Waals surface area contributed by atoms with Crippen LogP contribution in [0.25, 0.3) is 0 Å². The lowest BCUT2D eigenvalue weighted by Crippen LogP contribution is -2.39. The maximum absolute atomic E-state index is 12.0. The predicted molar refractivity (Wildman–Crippen MR) is 50.3 cm³/mol. The van der Waals surface area contributed by atoms with Gasteiger partial charge in [-0.2, -0.15) is 13.2 Å². The number of sulfone groups is 1. The van der Waals surface area contributed by atoms with Crippen molar-refractivity contribution in [3.63, 3.8) is 0 Å². The summed E-state index contributed by atoms with van der Waals surface area (Å²) in [6.07, 6.45) is -4.72. The van der Waals surface area contributed by atoms with E-state index in [0.29, 0.717) is 6.42 Å². The molecule has 2 atom stereocenters. The van der Waals surface area contributed by atoms with Gasteiger partial charge in [-0.3, -0.25) is 0 Å². The molecule has 7 heteroatoms. The lowest BCUT2D eigenvalue weighted by molar-refractivity contribution is -0.139. The fourth-order valence-corrected chi connectivity index (χ4v) is 3.42. The quantitative estimate of drug-likeness (QED) is 0.810. The Morgan fingerprint density at radius 2 is 2.07 bits per heavy atom. The largest absolute Gasteiger partial charge is 0.390 e. The van der Waals surface area contributed by atoms with E-state index in [9.17, 15) is 21.6 Å². The van der Waals surface area contributed by atoms with Crippen molar-refractivity contribution in [1.29, 1.82) is 0 Å². The van der Waals surface area contributed by atoms with Crippen molar-refractivity contribution in [3.8, 4) is 0 Å². The Hall–Kier alpha value is -0.300. The van der Waals surface area contributed by atoms with Crippen LogP contribution in [0.15, 0.2) is 0 Å². The van der Waals surface area contributed by atoms with Crippen molar-refractivity contribution in [3.05, 3.63) is 0 Å². The van der Waals surface area contributed by atoms with Crippen molar-refractivity contribution in [2.24, 2.45) is 0 Å². The van der Waals surface area contributed by atoms with Crippen LogP contribution in [0.3, 0.4) is 0 Å². The molecule has 1 saturated heterocycles. The highest BCUT2D eigenvalue weighted by atomic mass is 32.2. The molecule has 15 heavy (non-hydrogen) atoms. The van der Waals surface area contributed by atoms with Gasteiger partial charge >= 0.3 is 6.18 Å². The molecule has 0 spiro atoms. The van der Waals surface area contributed by atoms with E-state index in [1.54, 1.807) is 0 Å². The summed E-state index contributed by atoms with van der Waals surface area (Å²) in [6.45, 7) is 1.42. The molecular weight excluding hydrogens is 231 g/mol. The van der Waals surface area contributed by atoms with Gasteiger partial charge < -0.3 is 5.32 Å². The van der Waals surface area contributed by atoms with Crippen LogP contribution in [0.2, 0.25) is 0 Å². The van der Waals surface area contributed by atoms with Crippen molar-refractivity contribution in [2.45, 2.75) is 38.0 Å². The first-order chi connectivity index (χ1) is 6.68. The van der Waals surface area contributed by atoms with E-state index in [1.807, 2.05) is 0 Å². The van der Waals surface area contributed by atoms with Gasteiger partial charge in [0.2, 0.25) is 0 Å². The Morgan fingerprint density at radius 3 is 2.47 bits per heavy atom. The molecule has 1 aliphatic heterocycles. The van der Waals surface area contributed by atoms with Gasteiger partial charge in [-0.15, -0.1) is 0 Å². The number of hydrogen-bond acceptors (Lipinski definition) is 3. The van der Waals surface area contributed by atoms with Crippen LogP contribution in [0.4, 0.5) is 13.2 Å². The van der Waals surface area contributed by atoms with Gasteiger partial charge in [0, 0.05) is 12.1 Å². The van der Waals surface area contributed by atoms with Gasteiger partial charge in [-0.1, -0.05) is 0 Å². The topological polar surface area (TPSA) is 46.2 Å². The second kappa shape index (κ2) is 4.29. The summed E-state index contributed by atoms with van der Waals surface area (Å²) >= 11 is 0. The molecule has 3 nitrogen and oxygen atoms in total. The van der Waals surface area contributed by atoms with Gasteiger partial charge in [0.05, 0.1) is 17.9 Å². The minimum absolute atomic E-state index is 0.0464. The predicted octanol–water partition coefficient (Wildman–Crippen LogP) is 1.10. The maximum atomic E-state index is 12.0. The third kappa shape index (κ3) is 4.83. The SMILES string of the molecule is CC(CC(F)(F)F)NC1CCS(=O)(=O)C1. The fourth-order valence-electron chi connectivity index (χ4n) is 1.73. The molecular formula is C8H14F3NO2S. The minimum atomic E-state index is -4.20. The van der Waals surface area contributed by atoms with E-state index < -0.39 is 28.5 Å². The zero-order valence-electron chi connectivity index (χ0n) is 8.34. The van der Waals surface area contributed by atoms with Crippen LogP contribution in [-0.2, 0) is 9.84 Å². The van der Waals surface area contributed by atoms with Crippen molar-refractivity contribution in [1.82, 2.24) is 5.32 Å².